The van der Waals surface area contributed by atoms with Crippen molar-refractivity contribution >= 4 is 32.7 Å². The largest absolute Gasteiger partial charge is 0.351 e. The number of amides is 1. The normalized spacial score (nSPS) is 24.9. The first-order chi connectivity index (χ1) is 12.6. The second-order valence-electron chi connectivity index (χ2n) is 8.39. The standard InChI is InChI=1S/C22H29BrN2O/c1-2-3-13-25-14-17(20-18(23)5-4-6-19(20)25)21(26)24-15-22-10-7-16(8-11-22)9-12-22/h4-6,14,16H,2-3,7-13,15H2,1H3,(H,24,26). The Bertz CT molecular complexity index is 788. The predicted molar refractivity (Wildman–Crippen MR) is 111 cm³/mol. The Kier molecular flexibility index (Phi) is 5.13. The van der Waals surface area contributed by atoms with Crippen LogP contribution in [0.25, 0.3) is 10.9 Å². The van der Waals surface area contributed by atoms with Crippen molar-refractivity contribution in [3.63, 3.8) is 0 Å². The smallest absolute Gasteiger partial charge is 0.253 e. The molecule has 0 radical (unpaired) electrons. The highest BCUT2D eigenvalue weighted by atomic mass is 79.9. The van der Waals surface area contributed by atoms with Gasteiger partial charge in [-0.05, 0) is 68.4 Å². The summed E-state index contributed by atoms with van der Waals surface area (Å²) in [5.74, 6) is 1.04. The van der Waals surface area contributed by atoms with Crippen molar-refractivity contribution < 1.29 is 4.79 Å². The zero-order valence-corrected chi connectivity index (χ0v) is 17.3. The van der Waals surface area contributed by atoms with Gasteiger partial charge in [-0.25, -0.2) is 0 Å². The van der Waals surface area contributed by atoms with Crippen LogP contribution in [0.5, 0.6) is 0 Å². The molecular weight excluding hydrogens is 388 g/mol. The van der Waals surface area contributed by atoms with E-state index < -0.39 is 0 Å². The number of aromatic nitrogens is 1. The highest BCUT2D eigenvalue weighted by Crippen LogP contribution is 2.49. The van der Waals surface area contributed by atoms with Crippen LogP contribution < -0.4 is 5.32 Å². The molecule has 3 saturated carbocycles. The van der Waals surface area contributed by atoms with Crippen LogP contribution in [0.4, 0.5) is 0 Å². The summed E-state index contributed by atoms with van der Waals surface area (Å²) in [4.78, 5) is 13.1. The van der Waals surface area contributed by atoms with Crippen molar-refractivity contribution in [2.24, 2.45) is 11.3 Å². The van der Waals surface area contributed by atoms with E-state index in [-0.39, 0.29) is 5.91 Å². The fourth-order valence-electron chi connectivity index (χ4n) is 4.96. The number of fused-ring (bicyclic) bond motifs is 4. The van der Waals surface area contributed by atoms with Crippen LogP contribution in [-0.2, 0) is 6.54 Å². The lowest BCUT2D eigenvalue weighted by Crippen LogP contribution is -2.43. The molecule has 5 rings (SSSR count). The second-order valence-corrected chi connectivity index (χ2v) is 9.24. The Hall–Kier alpha value is -1.29. The highest BCUT2D eigenvalue weighted by molar-refractivity contribution is 9.10. The third-order valence-corrected chi connectivity index (χ3v) is 7.39. The summed E-state index contributed by atoms with van der Waals surface area (Å²) in [7, 11) is 0. The maximum Gasteiger partial charge on any atom is 0.253 e. The molecular formula is C22H29BrN2O. The molecule has 3 aliphatic rings. The average Bonchev–Trinajstić information content (AvgIpc) is 3.06. The van der Waals surface area contributed by atoms with Crippen LogP contribution in [-0.4, -0.2) is 17.0 Å². The number of rotatable bonds is 6. The molecule has 1 amide bonds. The zero-order chi connectivity index (χ0) is 18.1. The summed E-state index contributed by atoms with van der Waals surface area (Å²) in [6.45, 7) is 4.00. The third-order valence-electron chi connectivity index (χ3n) is 6.73. The van der Waals surface area contributed by atoms with Gasteiger partial charge in [0.05, 0.1) is 5.56 Å². The average molecular weight is 417 g/mol. The van der Waals surface area contributed by atoms with Crippen LogP contribution >= 0.6 is 15.9 Å². The summed E-state index contributed by atoms with van der Waals surface area (Å²) in [6, 6.07) is 6.20. The number of carbonyl (C=O) groups excluding carboxylic acids is 1. The fraction of sp³-hybridized carbons (Fsp3) is 0.591. The highest BCUT2D eigenvalue weighted by Gasteiger charge is 2.40. The Labute approximate surface area is 164 Å². The van der Waals surface area contributed by atoms with Crippen molar-refractivity contribution in [3.8, 4) is 0 Å². The zero-order valence-electron chi connectivity index (χ0n) is 15.7. The minimum Gasteiger partial charge on any atom is -0.351 e. The Morgan fingerprint density at radius 3 is 2.69 bits per heavy atom. The van der Waals surface area contributed by atoms with E-state index in [0.717, 1.165) is 52.8 Å². The van der Waals surface area contributed by atoms with Crippen LogP contribution in [0.1, 0.15) is 68.6 Å². The molecule has 0 saturated heterocycles. The molecule has 1 aromatic heterocycles. The molecule has 2 bridgehead atoms. The Balaban J connectivity index is 1.56. The molecule has 26 heavy (non-hydrogen) atoms. The maximum absolute atomic E-state index is 13.1. The summed E-state index contributed by atoms with van der Waals surface area (Å²) in [5.41, 5.74) is 2.32. The van der Waals surface area contributed by atoms with Crippen molar-refractivity contribution in [2.45, 2.75) is 64.8 Å². The van der Waals surface area contributed by atoms with Gasteiger partial charge in [0, 0.05) is 34.7 Å². The van der Waals surface area contributed by atoms with Crippen LogP contribution in [0, 0.1) is 11.3 Å². The molecule has 0 spiro atoms. The quantitative estimate of drug-likeness (QED) is 0.624. The minimum absolute atomic E-state index is 0.0826. The summed E-state index contributed by atoms with van der Waals surface area (Å²) in [5, 5.41) is 4.35. The third kappa shape index (κ3) is 3.33. The lowest BCUT2D eigenvalue weighted by molar-refractivity contribution is 0.0598. The van der Waals surface area contributed by atoms with Crippen LogP contribution in [0.2, 0.25) is 0 Å². The first kappa shape index (κ1) is 18.1. The SMILES string of the molecule is CCCCn1cc(C(=O)NCC23CCC(CC2)CC3)c2c(Br)cccc21. The number of nitrogens with zero attached hydrogens (tertiary/aromatic N) is 1. The number of hydrogen-bond acceptors (Lipinski definition) is 1. The van der Waals surface area contributed by atoms with E-state index in [4.69, 9.17) is 0 Å². The summed E-state index contributed by atoms with van der Waals surface area (Å²) >= 11 is 3.66. The lowest BCUT2D eigenvalue weighted by Gasteiger charge is -2.46. The van der Waals surface area contributed by atoms with Gasteiger partial charge in [-0.3, -0.25) is 4.79 Å². The van der Waals surface area contributed by atoms with Gasteiger partial charge < -0.3 is 9.88 Å². The number of aryl methyl sites for hydroxylation is 1. The maximum atomic E-state index is 13.1. The topological polar surface area (TPSA) is 34.0 Å². The van der Waals surface area contributed by atoms with Gasteiger partial charge in [-0.1, -0.05) is 35.3 Å². The van der Waals surface area contributed by atoms with E-state index in [1.807, 2.05) is 6.07 Å². The number of carbonyl (C=O) groups is 1. The van der Waals surface area contributed by atoms with Crippen molar-refractivity contribution in [2.75, 3.05) is 6.54 Å². The van der Waals surface area contributed by atoms with E-state index in [1.165, 1.54) is 38.5 Å². The molecule has 1 heterocycles. The first-order valence-corrected chi connectivity index (χ1v) is 11.0. The van der Waals surface area contributed by atoms with Crippen molar-refractivity contribution in [1.29, 1.82) is 0 Å². The molecule has 3 aliphatic carbocycles. The molecule has 4 heteroatoms. The molecule has 1 N–H and O–H groups in total. The summed E-state index contributed by atoms with van der Waals surface area (Å²) in [6.07, 6.45) is 12.3. The molecule has 3 fully saturated rings. The molecule has 1 aromatic carbocycles. The molecule has 140 valence electrons. The van der Waals surface area contributed by atoms with Crippen molar-refractivity contribution in [3.05, 3.63) is 34.4 Å². The van der Waals surface area contributed by atoms with Gasteiger partial charge in [0.25, 0.3) is 5.91 Å². The van der Waals surface area contributed by atoms with Gasteiger partial charge in [-0.2, -0.15) is 0 Å². The van der Waals surface area contributed by atoms with Crippen LogP contribution in [0.3, 0.4) is 0 Å². The molecule has 0 aliphatic heterocycles. The van der Waals surface area contributed by atoms with E-state index in [1.54, 1.807) is 0 Å². The van der Waals surface area contributed by atoms with E-state index >= 15 is 0 Å². The summed E-state index contributed by atoms with van der Waals surface area (Å²) < 4.78 is 3.24. The van der Waals surface area contributed by atoms with Gasteiger partial charge in [-0.15, -0.1) is 0 Å². The molecule has 3 nitrogen and oxygen atoms in total. The van der Waals surface area contributed by atoms with Gasteiger partial charge >= 0.3 is 0 Å². The van der Waals surface area contributed by atoms with Gasteiger partial charge in [0.1, 0.15) is 0 Å². The number of nitrogens with one attached hydrogen (secondary N) is 1. The van der Waals surface area contributed by atoms with Gasteiger partial charge in [0.15, 0.2) is 0 Å². The minimum atomic E-state index is 0.0826. The van der Waals surface area contributed by atoms with Crippen LogP contribution in [0.15, 0.2) is 28.9 Å². The number of unbranched alkanes of at least 4 members (excludes halogenated alkanes) is 1. The predicted octanol–water partition coefficient (Wildman–Crippen LogP) is 5.90. The molecule has 0 atom stereocenters. The van der Waals surface area contributed by atoms with Crippen molar-refractivity contribution in [1.82, 2.24) is 9.88 Å². The molecule has 2 aromatic rings. The second kappa shape index (κ2) is 7.38. The van der Waals surface area contributed by atoms with E-state index in [9.17, 15) is 4.79 Å². The monoisotopic (exact) mass is 416 g/mol. The number of hydrogen-bond donors (Lipinski definition) is 1. The Morgan fingerprint density at radius 2 is 2.00 bits per heavy atom. The lowest BCUT2D eigenvalue weighted by atomic mass is 9.61. The Morgan fingerprint density at radius 1 is 1.27 bits per heavy atom. The fourth-order valence-corrected chi connectivity index (χ4v) is 5.53. The van der Waals surface area contributed by atoms with Gasteiger partial charge in [0.2, 0.25) is 0 Å². The number of benzene rings is 1. The molecule has 0 unspecified atom stereocenters. The first-order valence-electron chi connectivity index (χ1n) is 10.2. The van der Waals surface area contributed by atoms with E-state index in [2.05, 4.69) is 51.1 Å². The number of halogens is 1. The van der Waals surface area contributed by atoms with E-state index in [0.29, 0.717) is 5.41 Å².